The third-order valence-corrected chi connectivity index (χ3v) is 2.82. The highest BCUT2D eigenvalue weighted by molar-refractivity contribution is 5.82. The lowest BCUT2D eigenvalue weighted by Crippen LogP contribution is -2.24. The van der Waals surface area contributed by atoms with E-state index in [1.54, 1.807) is 7.11 Å². The second-order valence-electron chi connectivity index (χ2n) is 4.08. The normalized spacial score (nSPS) is 10.3. The first-order valence-corrected chi connectivity index (χ1v) is 5.76. The molecule has 4 nitrogen and oxygen atoms in total. The summed E-state index contributed by atoms with van der Waals surface area (Å²) >= 11 is 0. The Labute approximate surface area is 106 Å². The van der Waals surface area contributed by atoms with E-state index in [4.69, 9.17) is 4.74 Å². The summed E-state index contributed by atoms with van der Waals surface area (Å²) in [5.74, 6) is 0.702. The molecule has 0 aliphatic carbocycles. The molecule has 0 amide bonds. The van der Waals surface area contributed by atoms with E-state index in [1.807, 2.05) is 42.3 Å². The van der Waals surface area contributed by atoms with Crippen LogP contribution in [0, 0.1) is 11.3 Å². The van der Waals surface area contributed by atoms with E-state index < -0.39 is 0 Å². The number of nitriles is 1. The number of rotatable bonds is 4. The van der Waals surface area contributed by atoms with Crippen molar-refractivity contribution >= 4 is 16.7 Å². The number of anilines is 1. The van der Waals surface area contributed by atoms with E-state index in [0.717, 1.165) is 10.9 Å². The van der Waals surface area contributed by atoms with E-state index >= 15 is 0 Å². The summed E-state index contributed by atoms with van der Waals surface area (Å²) in [6, 6.07) is 11.9. The topological polar surface area (TPSA) is 49.1 Å². The number of nitrogens with zero attached hydrogens (tertiary/aromatic N) is 3. The molecule has 0 bridgehead atoms. The number of pyridine rings is 1. The number of benzene rings is 1. The smallest absolute Gasteiger partial charge is 0.147 e. The van der Waals surface area contributed by atoms with Crippen LogP contribution in [0.4, 0.5) is 5.82 Å². The molecule has 1 heterocycles. The van der Waals surface area contributed by atoms with E-state index in [0.29, 0.717) is 24.5 Å². The maximum atomic E-state index is 9.20. The van der Waals surface area contributed by atoms with Crippen LogP contribution >= 0.6 is 0 Å². The average molecular weight is 241 g/mol. The van der Waals surface area contributed by atoms with Crippen LogP contribution in [-0.2, 0) is 4.74 Å². The lowest BCUT2D eigenvalue weighted by Gasteiger charge is -2.19. The number of hydrogen-bond donors (Lipinski definition) is 0. The van der Waals surface area contributed by atoms with Crippen LogP contribution in [0.5, 0.6) is 0 Å². The fraction of sp³-hybridized carbons (Fsp3) is 0.286. The molecular weight excluding hydrogens is 226 g/mol. The maximum absolute atomic E-state index is 9.20. The zero-order valence-electron chi connectivity index (χ0n) is 10.6. The van der Waals surface area contributed by atoms with Gasteiger partial charge in [0.2, 0.25) is 0 Å². The lowest BCUT2D eigenvalue weighted by atomic mass is 10.1. The van der Waals surface area contributed by atoms with Gasteiger partial charge in [-0.05, 0) is 12.1 Å². The Balaban J connectivity index is 2.45. The van der Waals surface area contributed by atoms with E-state index in [9.17, 15) is 5.26 Å². The summed E-state index contributed by atoms with van der Waals surface area (Å²) in [4.78, 5) is 6.49. The van der Waals surface area contributed by atoms with Crippen molar-refractivity contribution in [1.82, 2.24) is 4.98 Å². The molecule has 0 radical (unpaired) electrons. The highest BCUT2D eigenvalue weighted by atomic mass is 16.5. The van der Waals surface area contributed by atoms with Crippen molar-refractivity contribution in [1.29, 1.82) is 5.26 Å². The van der Waals surface area contributed by atoms with Gasteiger partial charge in [0.15, 0.2) is 0 Å². The molecule has 1 aromatic heterocycles. The molecule has 0 N–H and O–H groups in total. The van der Waals surface area contributed by atoms with Gasteiger partial charge in [-0.15, -0.1) is 0 Å². The number of methoxy groups -OCH3 is 1. The Bertz CT molecular complexity index is 589. The fourth-order valence-electron chi connectivity index (χ4n) is 1.81. The summed E-state index contributed by atoms with van der Waals surface area (Å²) in [5, 5.41) is 10.2. The molecule has 0 unspecified atom stereocenters. The number of fused-ring (bicyclic) bond motifs is 1. The van der Waals surface area contributed by atoms with Crippen molar-refractivity contribution < 1.29 is 4.74 Å². The van der Waals surface area contributed by atoms with Crippen molar-refractivity contribution in [3.05, 3.63) is 35.9 Å². The first-order valence-electron chi connectivity index (χ1n) is 5.76. The number of para-hydroxylation sites is 1. The SMILES string of the molecule is COCCN(C)c1nc2ccccc2cc1C#N. The van der Waals surface area contributed by atoms with Gasteiger partial charge >= 0.3 is 0 Å². The monoisotopic (exact) mass is 241 g/mol. The standard InChI is InChI=1S/C14H15N3O/c1-17(7-8-18-2)14-12(10-15)9-11-5-3-4-6-13(11)16-14/h3-6,9H,7-8H2,1-2H3. The molecule has 0 saturated carbocycles. The molecule has 1 aromatic carbocycles. The third kappa shape index (κ3) is 2.41. The van der Waals surface area contributed by atoms with E-state index in [-0.39, 0.29) is 0 Å². The molecule has 0 saturated heterocycles. The third-order valence-electron chi connectivity index (χ3n) is 2.82. The van der Waals surface area contributed by atoms with Crippen LogP contribution in [0.15, 0.2) is 30.3 Å². The molecule has 0 spiro atoms. The van der Waals surface area contributed by atoms with Gasteiger partial charge in [-0.2, -0.15) is 5.26 Å². The fourth-order valence-corrected chi connectivity index (χ4v) is 1.81. The van der Waals surface area contributed by atoms with Gasteiger partial charge in [-0.1, -0.05) is 18.2 Å². The van der Waals surface area contributed by atoms with Crippen molar-refractivity contribution in [2.24, 2.45) is 0 Å². The number of ether oxygens (including phenoxy) is 1. The Kier molecular flexibility index (Phi) is 3.75. The Morgan fingerprint density at radius 2 is 2.17 bits per heavy atom. The summed E-state index contributed by atoms with van der Waals surface area (Å²) in [5.41, 5.74) is 1.49. The van der Waals surface area contributed by atoms with Crippen LogP contribution in [0.2, 0.25) is 0 Å². The van der Waals surface area contributed by atoms with Crippen LogP contribution in [0.25, 0.3) is 10.9 Å². The molecular formula is C14H15N3O. The van der Waals surface area contributed by atoms with Crippen LogP contribution in [-0.4, -0.2) is 32.3 Å². The molecule has 4 heteroatoms. The van der Waals surface area contributed by atoms with E-state index in [2.05, 4.69) is 11.1 Å². The van der Waals surface area contributed by atoms with Gasteiger partial charge in [0, 0.05) is 26.1 Å². The van der Waals surface area contributed by atoms with Crippen molar-refractivity contribution in [2.75, 3.05) is 32.2 Å². The van der Waals surface area contributed by atoms with Crippen LogP contribution in [0.1, 0.15) is 5.56 Å². The number of aromatic nitrogens is 1. The molecule has 2 rings (SSSR count). The minimum Gasteiger partial charge on any atom is -0.383 e. The summed E-state index contributed by atoms with van der Waals surface area (Å²) in [6.45, 7) is 1.31. The first-order chi connectivity index (χ1) is 8.76. The molecule has 92 valence electrons. The zero-order chi connectivity index (χ0) is 13.0. The van der Waals surface area contributed by atoms with Gasteiger partial charge < -0.3 is 9.64 Å². The predicted octanol–water partition coefficient (Wildman–Crippen LogP) is 2.19. The molecule has 0 aliphatic rings. The molecule has 2 aromatic rings. The first kappa shape index (κ1) is 12.3. The number of likely N-dealkylation sites (N-methyl/N-ethyl adjacent to an activating group) is 1. The van der Waals surface area contributed by atoms with Crippen LogP contribution in [0.3, 0.4) is 0 Å². The summed E-state index contributed by atoms with van der Waals surface area (Å²) < 4.78 is 5.04. The highest BCUT2D eigenvalue weighted by Crippen LogP contribution is 2.21. The molecule has 0 atom stereocenters. The van der Waals surface area contributed by atoms with Crippen LogP contribution < -0.4 is 4.90 Å². The quantitative estimate of drug-likeness (QED) is 0.823. The maximum Gasteiger partial charge on any atom is 0.147 e. The summed E-state index contributed by atoms with van der Waals surface area (Å²) in [6.07, 6.45) is 0. The zero-order valence-corrected chi connectivity index (χ0v) is 10.6. The Hall–Kier alpha value is -2.12. The van der Waals surface area contributed by atoms with Gasteiger partial charge in [0.25, 0.3) is 0 Å². The summed E-state index contributed by atoms with van der Waals surface area (Å²) in [7, 11) is 3.57. The average Bonchev–Trinajstić information content (AvgIpc) is 2.43. The second-order valence-corrected chi connectivity index (χ2v) is 4.08. The minimum absolute atomic E-state index is 0.590. The highest BCUT2D eigenvalue weighted by Gasteiger charge is 2.10. The van der Waals surface area contributed by atoms with Gasteiger partial charge in [0.1, 0.15) is 11.9 Å². The Morgan fingerprint density at radius 1 is 1.39 bits per heavy atom. The molecule has 0 aliphatic heterocycles. The number of hydrogen-bond acceptors (Lipinski definition) is 4. The minimum atomic E-state index is 0.590. The van der Waals surface area contributed by atoms with E-state index in [1.165, 1.54) is 0 Å². The van der Waals surface area contributed by atoms with Gasteiger partial charge in [-0.25, -0.2) is 4.98 Å². The van der Waals surface area contributed by atoms with Crippen molar-refractivity contribution in [3.8, 4) is 6.07 Å². The van der Waals surface area contributed by atoms with Crippen molar-refractivity contribution in [2.45, 2.75) is 0 Å². The molecule has 0 fully saturated rings. The Morgan fingerprint density at radius 3 is 2.89 bits per heavy atom. The largest absolute Gasteiger partial charge is 0.383 e. The second kappa shape index (κ2) is 5.48. The lowest BCUT2D eigenvalue weighted by molar-refractivity contribution is 0.206. The predicted molar refractivity (Wildman–Crippen MR) is 71.6 cm³/mol. The van der Waals surface area contributed by atoms with Gasteiger partial charge in [-0.3, -0.25) is 0 Å². The van der Waals surface area contributed by atoms with Gasteiger partial charge in [0.05, 0.1) is 17.7 Å². The molecule has 18 heavy (non-hydrogen) atoms. The van der Waals surface area contributed by atoms with Crippen molar-refractivity contribution in [3.63, 3.8) is 0 Å².